The van der Waals surface area contributed by atoms with Crippen LogP contribution < -0.4 is 4.90 Å². The van der Waals surface area contributed by atoms with Crippen LogP contribution in [0.1, 0.15) is 37.9 Å². The molecule has 1 aromatic rings. The van der Waals surface area contributed by atoms with E-state index >= 15 is 0 Å². The van der Waals surface area contributed by atoms with Gasteiger partial charge >= 0.3 is 0 Å². The van der Waals surface area contributed by atoms with Crippen LogP contribution >= 0.6 is 27.5 Å². The summed E-state index contributed by atoms with van der Waals surface area (Å²) in [6.45, 7) is 3.20. The van der Waals surface area contributed by atoms with E-state index in [1.807, 2.05) is 0 Å². The first kappa shape index (κ1) is 11.3. The molecule has 1 fully saturated rings. The number of hydrogen-bond acceptors (Lipinski definition) is 4. The van der Waals surface area contributed by atoms with Crippen molar-refractivity contribution in [3.63, 3.8) is 0 Å². The Hall–Kier alpha value is -0.160. The van der Waals surface area contributed by atoms with Crippen LogP contribution in [0.5, 0.6) is 0 Å². The molecule has 0 amide bonds. The molecule has 1 unspecified atom stereocenters. The Morgan fingerprint density at radius 2 is 2.33 bits per heavy atom. The van der Waals surface area contributed by atoms with Crippen LogP contribution in [0, 0.1) is 0 Å². The first-order valence-corrected chi connectivity index (χ1v) is 7.04. The Morgan fingerprint density at radius 3 is 2.93 bits per heavy atom. The van der Waals surface area contributed by atoms with E-state index < -0.39 is 0 Å². The first-order chi connectivity index (χ1) is 7.16. The summed E-state index contributed by atoms with van der Waals surface area (Å²) in [4.78, 5) is 7.33. The minimum absolute atomic E-state index is 0.566. The van der Waals surface area contributed by atoms with Crippen molar-refractivity contribution in [2.45, 2.75) is 36.9 Å². The quantitative estimate of drug-likeness (QED) is 0.781. The third-order valence-electron chi connectivity index (χ3n) is 2.56. The predicted octanol–water partition coefficient (Wildman–Crippen LogP) is 3.03. The van der Waals surface area contributed by atoms with E-state index in [0.717, 1.165) is 23.9 Å². The maximum atomic E-state index is 4.57. The van der Waals surface area contributed by atoms with Crippen molar-refractivity contribution < 1.29 is 0 Å². The molecule has 1 atom stereocenters. The molecule has 0 bridgehead atoms. The molecule has 2 rings (SSSR count). The highest BCUT2D eigenvalue weighted by atomic mass is 79.9. The van der Waals surface area contributed by atoms with Crippen molar-refractivity contribution in [2.24, 2.45) is 0 Å². The maximum Gasteiger partial charge on any atom is 0.204 e. The highest BCUT2D eigenvalue weighted by Crippen LogP contribution is 2.39. The van der Waals surface area contributed by atoms with Gasteiger partial charge < -0.3 is 4.90 Å². The van der Waals surface area contributed by atoms with Gasteiger partial charge in [-0.2, -0.15) is 4.37 Å². The molecule has 1 aliphatic carbocycles. The number of nitrogens with zero attached hydrogens (tertiary/aromatic N) is 3. The average Bonchev–Trinajstić information content (AvgIpc) is 2.93. The van der Waals surface area contributed by atoms with E-state index in [9.17, 15) is 0 Å². The summed E-state index contributed by atoms with van der Waals surface area (Å²) in [5.41, 5.74) is 0. The Balaban J connectivity index is 1.89. The van der Waals surface area contributed by atoms with Crippen molar-refractivity contribution in [3.05, 3.63) is 5.82 Å². The molecular weight excluding hydrogens is 274 g/mol. The smallest absolute Gasteiger partial charge is 0.204 e. The Labute approximate surface area is 103 Å². The second-order valence-electron chi connectivity index (χ2n) is 4.20. The van der Waals surface area contributed by atoms with Gasteiger partial charge in [0.05, 0.1) is 0 Å². The van der Waals surface area contributed by atoms with E-state index in [-0.39, 0.29) is 0 Å². The molecule has 0 N–H and O–H groups in total. The van der Waals surface area contributed by atoms with E-state index in [1.54, 1.807) is 0 Å². The lowest BCUT2D eigenvalue weighted by Crippen LogP contribution is -2.20. The number of alkyl halides is 1. The summed E-state index contributed by atoms with van der Waals surface area (Å²) < 4.78 is 4.40. The van der Waals surface area contributed by atoms with Crippen LogP contribution in [0.3, 0.4) is 0 Å². The minimum atomic E-state index is 0.566. The van der Waals surface area contributed by atoms with Gasteiger partial charge in [0, 0.05) is 35.9 Å². The van der Waals surface area contributed by atoms with Crippen molar-refractivity contribution >= 4 is 32.6 Å². The average molecular weight is 290 g/mol. The third kappa shape index (κ3) is 3.14. The molecule has 3 nitrogen and oxygen atoms in total. The summed E-state index contributed by atoms with van der Waals surface area (Å²) in [5, 5.41) is 1.06. The van der Waals surface area contributed by atoms with Gasteiger partial charge in [-0.3, -0.25) is 0 Å². The van der Waals surface area contributed by atoms with E-state index in [4.69, 9.17) is 0 Å². The molecule has 0 radical (unpaired) electrons. The van der Waals surface area contributed by atoms with Gasteiger partial charge in [0.15, 0.2) is 0 Å². The molecule has 84 valence electrons. The molecule has 1 aromatic heterocycles. The van der Waals surface area contributed by atoms with Crippen molar-refractivity contribution in [3.8, 4) is 0 Å². The largest absolute Gasteiger partial charge is 0.350 e. The fourth-order valence-electron chi connectivity index (χ4n) is 1.36. The van der Waals surface area contributed by atoms with Crippen LogP contribution in [-0.2, 0) is 0 Å². The molecule has 0 aliphatic heterocycles. The van der Waals surface area contributed by atoms with Crippen LogP contribution in [0.15, 0.2) is 0 Å². The second-order valence-corrected chi connectivity index (χ2v) is 6.49. The molecular formula is C10H16BrN3S. The lowest BCUT2D eigenvalue weighted by molar-refractivity contribution is 0.782. The van der Waals surface area contributed by atoms with Gasteiger partial charge in [0.2, 0.25) is 5.13 Å². The van der Waals surface area contributed by atoms with Crippen LogP contribution in [0.4, 0.5) is 5.13 Å². The van der Waals surface area contributed by atoms with Crippen molar-refractivity contribution in [1.82, 2.24) is 9.36 Å². The molecule has 1 heterocycles. The summed E-state index contributed by atoms with van der Waals surface area (Å²) in [5.74, 6) is 1.73. The normalized spacial score (nSPS) is 17.8. The fraction of sp³-hybridized carbons (Fsp3) is 0.800. The molecule has 15 heavy (non-hydrogen) atoms. The predicted molar refractivity (Wildman–Crippen MR) is 68.2 cm³/mol. The van der Waals surface area contributed by atoms with Gasteiger partial charge in [0.1, 0.15) is 5.82 Å². The van der Waals surface area contributed by atoms with Crippen molar-refractivity contribution in [1.29, 1.82) is 0 Å². The standard InChI is InChI=1S/C10H16BrN3S/c1-7(11)5-6-14(2)10-12-9(13-15-10)8-3-4-8/h7-8H,3-6H2,1-2H3. The summed E-state index contributed by atoms with van der Waals surface area (Å²) in [7, 11) is 2.09. The topological polar surface area (TPSA) is 29.0 Å². The van der Waals surface area contributed by atoms with Gasteiger partial charge in [-0.05, 0) is 19.3 Å². The minimum Gasteiger partial charge on any atom is -0.350 e. The van der Waals surface area contributed by atoms with E-state index in [1.165, 1.54) is 24.4 Å². The van der Waals surface area contributed by atoms with Crippen LogP contribution in [-0.4, -0.2) is 27.8 Å². The molecule has 1 saturated carbocycles. The lowest BCUT2D eigenvalue weighted by atomic mass is 10.3. The third-order valence-corrected chi connectivity index (χ3v) is 3.86. The highest BCUT2D eigenvalue weighted by Gasteiger charge is 2.28. The van der Waals surface area contributed by atoms with Gasteiger partial charge in [-0.15, -0.1) is 0 Å². The summed E-state index contributed by atoms with van der Waals surface area (Å²) in [6.07, 6.45) is 3.69. The molecule has 0 saturated heterocycles. The fourth-order valence-corrected chi connectivity index (χ4v) is 2.29. The maximum absolute atomic E-state index is 4.57. The number of rotatable bonds is 5. The zero-order valence-electron chi connectivity index (χ0n) is 9.11. The lowest BCUT2D eigenvalue weighted by Gasteiger charge is -2.15. The SMILES string of the molecule is CC(Br)CCN(C)c1nc(C2CC2)ns1. The zero-order chi connectivity index (χ0) is 10.8. The zero-order valence-corrected chi connectivity index (χ0v) is 11.5. The van der Waals surface area contributed by atoms with Crippen LogP contribution in [0.25, 0.3) is 0 Å². The number of hydrogen-bond donors (Lipinski definition) is 0. The van der Waals surface area contributed by atoms with Gasteiger partial charge in [0.25, 0.3) is 0 Å². The summed E-state index contributed by atoms with van der Waals surface area (Å²) in [6, 6.07) is 0. The van der Waals surface area contributed by atoms with E-state index in [2.05, 4.69) is 44.2 Å². The Bertz CT molecular complexity index is 322. The van der Waals surface area contributed by atoms with Crippen molar-refractivity contribution in [2.75, 3.05) is 18.5 Å². The van der Waals surface area contributed by atoms with Gasteiger partial charge in [-0.25, -0.2) is 4.98 Å². The molecule has 5 heteroatoms. The Morgan fingerprint density at radius 1 is 1.60 bits per heavy atom. The Kier molecular flexibility index (Phi) is 3.61. The second kappa shape index (κ2) is 4.78. The van der Waals surface area contributed by atoms with Gasteiger partial charge in [-0.1, -0.05) is 22.9 Å². The molecule has 1 aliphatic rings. The summed E-state index contributed by atoms with van der Waals surface area (Å²) >= 11 is 5.08. The van der Waals surface area contributed by atoms with Crippen LogP contribution in [0.2, 0.25) is 0 Å². The number of halogens is 1. The monoisotopic (exact) mass is 289 g/mol. The number of aromatic nitrogens is 2. The molecule has 0 aromatic carbocycles. The number of anilines is 1. The van der Waals surface area contributed by atoms with E-state index in [0.29, 0.717) is 10.7 Å². The molecule has 0 spiro atoms. The highest BCUT2D eigenvalue weighted by molar-refractivity contribution is 9.09. The first-order valence-electron chi connectivity index (χ1n) is 5.35.